The van der Waals surface area contributed by atoms with E-state index in [2.05, 4.69) is 20.8 Å². The Morgan fingerprint density at radius 1 is 1.13 bits per heavy atom. The Balaban J connectivity index is 1.99. The van der Waals surface area contributed by atoms with E-state index in [1.54, 1.807) is 0 Å². The van der Waals surface area contributed by atoms with Gasteiger partial charge in [0.2, 0.25) is 0 Å². The molecule has 2 aliphatic rings. The Morgan fingerprint density at radius 2 is 1.70 bits per heavy atom. The maximum atomic E-state index is 12.7. The van der Waals surface area contributed by atoms with Crippen LogP contribution in [0.4, 0.5) is 0 Å². The van der Waals surface area contributed by atoms with E-state index in [1.165, 1.54) is 0 Å². The number of carbonyl (C=O) groups excluding carboxylic acids is 3. The average Bonchev–Trinajstić information content (AvgIpc) is 2.71. The number of hydrogen-bond acceptors (Lipinski definition) is 4. The SMILES string of the molecule is CC(C)CC1OC(=O)C(C(=O)C2CCC(C(C)(C)C)CC2)C1=O. The first kappa shape index (κ1) is 18.2. The summed E-state index contributed by atoms with van der Waals surface area (Å²) in [5.74, 6) is -1.59. The van der Waals surface area contributed by atoms with Crippen LogP contribution in [0.1, 0.15) is 66.7 Å². The molecule has 4 nitrogen and oxygen atoms in total. The molecule has 0 amide bonds. The van der Waals surface area contributed by atoms with Gasteiger partial charge in [-0.3, -0.25) is 14.4 Å². The van der Waals surface area contributed by atoms with Gasteiger partial charge < -0.3 is 4.74 Å². The molecule has 1 heterocycles. The van der Waals surface area contributed by atoms with E-state index >= 15 is 0 Å². The lowest BCUT2D eigenvalue weighted by atomic mass is 9.68. The van der Waals surface area contributed by atoms with E-state index in [-0.39, 0.29) is 28.8 Å². The molecule has 2 rings (SSSR count). The lowest BCUT2D eigenvalue weighted by Crippen LogP contribution is -2.36. The van der Waals surface area contributed by atoms with Gasteiger partial charge in [0.1, 0.15) is 0 Å². The molecule has 0 spiro atoms. The van der Waals surface area contributed by atoms with Crippen LogP contribution in [-0.4, -0.2) is 23.6 Å². The molecule has 0 aromatic rings. The monoisotopic (exact) mass is 322 g/mol. The topological polar surface area (TPSA) is 60.4 Å². The Bertz CT molecular complexity index is 478. The van der Waals surface area contributed by atoms with Crippen molar-refractivity contribution in [3.05, 3.63) is 0 Å². The van der Waals surface area contributed by atoms with Gasteiger partial charge in [0.25, 0.3) is 0 Å². The van der Waals surface area contributed by atoms with Crippen LogP contribution in [0.25, 0.3) is 0 Å². The molecule has 0 aromatic carbocycles. The fraction of sp³-hybridized carbons (Fsp3) is 0.842. The van der Waals surface area contributed by atoms with Crippen LogP contribution < -0.4 is 0 Å². The highest BCUT2D eigenvalue weighted by Crippen LogP contribution is 2.41. The normalized spacial score (nSPS) is 32.3. The zero-order chi connectivity index (χ0) is 17.4. The molecule has 1 aliphatic heterocycles. The smallest absolute Gasteiger partial charge is 0.325 e. The number of esters is 1. The van der Waals surface area contributed by atoms with Crippen molar-refractivity contribution in [2.24, 2.45) is 29.1 Å². The van der Waals surface area contributed by atoms with Crippen molar-refractivity contribution in [1.82, 2.24) is 0 Å². The molecule has 1 saturated carbocycles. The minimum atomic E-state index is -1.16. The van der Waals surface area contributed by atoms with E-state index in [1.807, 2.05) is 13.8 Å². The standard InChI is InChI=1S/C19H30O4/c1-11(2)10-14-17(21)15(18(22)23-14)16(20)12-6-8-13(9-7-12)19(3,4)5/h11-15H,6-10H2,1-5H3. The van der Waals surface area contributed by atoms with Crippen LogP contribution >= 0.6 is 0 Å². The van der Waals surface area contributed by atoms with Gasteiger partial charge in [-0.1, -0.05) is 34.6 Å². The second-order valence-corrected chi connectivity index (χ2v) is 8.71. The van der Waals surface area contributed by atoms with Crippen molar-refractivity contribution < 1.29 is 19.1 Å². The molecular weight excluding hydrogens is 292 g/mol. The Labute approximate surface area is 139 Å². The number of rotatable bonds is 4. The summed E-state index contributed by atoms with van der Waals surface area (Å²) in [6, 6.07) is 0. The molecule has 0 aromatic heterocycles. The number of hydrogen-bond donors (Lipinski definition) is 0. The maximum Gasteiger partial charge on any atom is 0.325 e. The van der Waals surface area contributed by atoms with Crippen molar-refractivity contribution in [2.75, 3.05) is 0 Å². The van der Waals surface area contributed by atoms with Gasteiger partial charge in [0, 0.05) is 5.92 Å². The summed E-state index contributed by atoms with van der Waals surface area (Å²) in [7, 11) is 0. The molecule has 0 radical (unpaired) electrons. The van der Waals surface area contributed by atoms with Crippen molar-refractivity contribution in [3.8, 4) is 0 Å². The van der Waals surface area contributed by atoms with E-state index in [9.17, 15) is 14.4 Å². The Kier molecular flexibility index (Phi) is 5.32. The van der Waals surface area contributed by atoms with Crippen LogP contribution in [0.2, 0.25) is 0 Å². The van der Waals surface area contributed by atoms with Crippen LogP contribution in [0.3, 0.4) is 0 Å². The summed E-state index contributed by atoms with van der Waals surface area (Å²) in [5.41, 5.74) is 0.248. The van der Waals surface area contributed by atoms with Gasteiger partial charge in [0.15, 0.2) is 23.6 Å². The quantitative estimate of drug-likeness (QED) is 0.586. The number of ether oxygens (including phenoxy) is 1. The Morgan fingerprint density at radius 3 is 2.17 bits per heavy atom. The first-order valence-corrected chi connectivity index (χ1v) is 8.89. The lowest BCUT2D eigenvalue weighted by molar-refractivity contribution is -0.148. The highest BCUT2D eigenvalue weighted by atomic mass is 16.6. The van der Waals surface area contributed by atoms with E-state index < -0.39 is 18.0 Å². The lowest BCUT2D eigenvalue weighted by Gasteiger charge is -2.36. The first-order valence-electron chi connectivity index (χ1n) is 8.89. The maximum absolute atomic E-state index is 12.7. The van der Waals surface area contributed by atoms with Crippen molar-refractivity contribution in [3.63, 3.8) is 0 Å². The molecule has 1 saturated heterocycles. The Hall–Kier alpha value is -1.19. The van der Waals surface area contributed by atoms with E-state index in [0.717, 1.165) is 25.7 Å². The second kappa shape index (κ2) is 6.74. The molecular formula is C19H30O4. The fourth-order valence-corrected chi connectivity index (χ4v) is 3.90. The number of Topliss-reactive ketones (excluding diaryl/α,β-unsaturated/α-hetero) is 2. The van der Waals surface area contributed by atoms with Gasteiger partial charge in [0.05, 0.1) is 0 Å². The van der Waals surface area contributed by atoms with Gasteiger partial charge in [-0.15, -0.1) is 0 Å². The highest BCUT2D eigenvalue weighted by molar-refractivity contribution is 6.22. The molecule has 1 aliphatic carbocycles. The van der Waals surface area contributed by atoms with Gasteiger partial charge >= 0.3 is 5.97 Å². The number of cyclic esters (lactones) is 1. The summed E-state index contributed by atoms with van der Waals surface area (Å²) in [6.45, 7) is 10.6. The summed E-state index contributed by atoms with van der Waals surface area (Å²) in [5, 5.41) is 0. The van der Waals surface area contributed by atoms with Crippen molar-refractivity contribution >= 4 is 17.5 Å². The largest absolute Gasteiger partial charge is 0.453 e. The third-order valence-corrected chi connectivity index (χ3v) is 5.42. The minimum absolute atomic E-state index is 0.159. The van der Waals surface area contributed by atoms with Crippen molar-refractivity contribution in [1.29, 1.82) is 0 Å². The molecule has 2 atom stereocenters. The van der Waals surface area contributed by atoms with Gasteiger partial charge in [-0.05, 0) is 49.4 Å². The average molecular weight is 322 g/mol. The fourth-order valence-electron chi connectivity index (χ4n) is 3.90. The summed E-state index contributed by atoms with van der Waals surface area (Å²) in [4.78, 5) is 37.1. The summed E-state index contributed by atoms with van der Waals surface area (Å²) in [6.07, 6.45) is 3.34. The zero-order valence-corrected chi connectivity index (χ0v) is 15.1. The van der Waals surface area contributed by atoms with E-state index in [4.69, 9.17) is 4.74 Å². The molecule has 130 valence electrons. The molecule has 2 fully saturated rings. The zero-order valence-electron chi connectivity index (χ0n) is 15.1. The van der Waals surface area contributed by atoms with Gasteiger partial charge in [-0.25, -0.2) is 0 Å². The highest BCUT2D eigenvalue weighted by Gasteiger charge is 2.49. The predicted octanol–water partition coefficient (Wildman–Crippen LogP) is 3.56. The van der Waals surface area contributed by atoms with Crippen LogP contribution in [0.15, 0.2) is 0 Å². The third kappa shape index (κ3) is 4.02. The van der Waals surface area contributed by atoms with Crippen molar-refractivity contribution in [2.45, 2.75) is 72.8 Å². The molecule has 4 heteroatoms. The predicted molar refractivity (Wildman–Crippen MR) is 87.7 cm³/mol. The van der Waals surface area contributed by atoms with Gasteiger partial charge in [-0.2, -0.15) is 0 Å². The van der Waals surface area contributed by atoms with E-state index in [0.29, 0.717) is 12.3 Å². The molecule has 2 unspecified atom stereocenters. The number of carbonyl (C=O) groups is 3. The van der Waals surface area contributed by atoms with Crippen LogP contribution in [0.5, 0.6) is 0 Å². The number of ketones is 2. The first-order chi connectivity index (χ1) is 10.6. The summed E-state index contributed by atoms with van der Waals surface area (Å²) < 4.78 is 5.18. The summed E-state index contributed by atoms with van der Waals surface area (Å²) >= 11 is 0. The molecule has 23 heavy (non-hydrogen) atoms. The molecule has 0 N–H and O–H groups in total. The third-order valence-electron chi connectivity index (χ3n) is 5.42. The second-order valence-electron chi connectivity index (χ2n) is 8.71. The minimum Gasteiger partial charge on any atom is -0.453 e. The molecule has 0 bridgehead atoms. The van der Waals surface area contributed by atoms with Crippen LogP contribution in [0, 0.1) is 29.1 Å². The van der Waals surface area contributed by atoms with Crippen LogP contribution in [-0.2, 0) is 19.1 Å².